The standard InChI is InChI=1S/C35H40IN7O7S2/c1-41-22-27(23-41)35(34-38-40-43(39-34)21-26-9-15-30(50-4)16-10-26)32(36)18-17-31(51(37,44)45)33(35)52(46,47)42(19-24-5-11-28(48-2)12-6-24)20-25-7-13-29(49-3)14-8-25/h5-18,27,33H,19-23H2,1-4H3,(H2,37,44,45). The van der Waals surface area contributed by atoms with Gasteiger partial charge in [-0.2, -0.15) is 9.10 Å². The number of allylic oxidation sites excluding steroid dienone is 3. The van der Waals surface area contributed by atoms with Gasteiger partial charge in [0.25, 0.3) is 0 Å². The summed E-state index contributed by atoms with van der Waals surface area (Å²) < 4.78 is 76.0. The quantitative estimate of drug-likeness (QED) is 0.184. The van der Waals surface area contributed by atoms with E-state index in [4.69, 9.17) is 24.4 Å². The number of methoxy groups -OCH3 is 3. The summed E-state index contributed by atoms with van der Waals surface area (Å²) >= 11 is 2.10. The van der Waals surface area contributed by atoms with Crippen LogP contribution in [0.1, 0.15) is 22.5 Å². The summed E-state index contributed by atoms with van der Waals surface area (Å²) in [7, 11) is -2.60. The van der Waals surface area contributed by atoms with Crippen LogP contribution in [0.2, 0.25) is 0 Å². The van der Waals surface area contributed by atoms with Gasteiger partial charge in [0, 0.05) is 35.7 Å². The molecule has 2 unspecified atom stereocenters. The maximum absolute atomic E-state index is 15.6. The van der Waals surface area contributed by atoms with Gasteiger partial charge in [-0.15, -0.1) is 10.2 Å². The first-order chi connectivity index (χ1) is 24.8. The molecule has 0 radical (unpaired) electrons. The van der Waals surface area contributed by atoms with E-state index < -0.39 is 41.5 Å². The van der Waals surface area contributed by atoms with Gasteiger partial charge in [0.1, 0.15) is 22.5 Å². The minimum absolute atomic E-state index is 0.0781. The van der Waals surface area contributed by atoms with Crippen molar-refractivity contribution in [2.45, 2.75) is 30.3 Å². The highest BCUT2D eigenvalue weighted by Gasteiger charge is 2.64. The summed E-state index contributed by atoms with van der Waals surface area (Å²) in [6, 6.07) is 21.5. The largest absolute Gasteiger partial charge is 0.497 e. The number of sulfonamides is 2. The zero-order valence-electron chi connectivity index (χ0n) is 29.1. The van der Waals surface area contributed by atoms with E-state index in [1.165, 1.54) is 15.2 Å². The van der Waals surface area contributed by atoms with Crippen molar-refractivity contribution in [3.8, 4) is 17.2 Å². The molecule has 1 fully saturated rings. The molecule has 3 aromatic carbocycles. The number of primary sulfonamides is 1. The zero-order chi connectivity index (χ0) is 37.3. The Hall–Kier alpha value is -3.88. The van der Waals surface area contributed by atoms with Gasteiger partial charge in [-0.05, 0) is 94.0 Å². The van der Waals surface area contributed by atoms with Crippen LogP contribution in [0.5, 0.6) is 17.2 Å². The van der Waals surface area contributed by atoms with Crippen LogP contribution in [0.3, 0.4) is 0 Å². The van der Waals surface area contributed by atoms with Crippen molar-refractivity contribution in [1.82, 2.24) is 29.4 Å². The van der Waals surface area contributed by atoms with Gasteiger partial charge >= 0.3 is 0 Å². The zero-order valence-corrected chi connectivity index (χ0v) is 32.9. The lowest BCUT2D eigenvalue weighted by atomic mass is 9.66. The molecule has 1 aliphatic carbocycles. The van der Waals surface area contributed by atoms with E-state index >= 15 is 8.42 Å². The summed E-state index contributed by atoms with van der Waals surface area (Å²) in [6.45, 7) is 0.980. The highest BCUT2D eigenvalue weighted by atomic mass is 127. The molecular formula is C35H40IN7O7S2. The van der Waals surface area contributed by atoms with Gasteiger partial charge < -0.3 is 19.1 Å². The molecule has 2 N–H and O–H groups in total. The highest BCUT2D eigenvalue weighted by molar-refractivity contribution is 14.1. The minimum Gasteiger partial charge on any atom is -0.497 e. The predicted octanol–water partition coefficient (Wildman–Crippen LogP) is 3.45. The van der Waals surface area contributed by atoms with Crippen LogP contribution in [-0.4, -0.2) is 93.0 Å². The summed E-state index contributed by atoms with van der Waals surface area (Å²) in [6.07, 6.45) is 2.90. The van der Waals surface area contributed by atoms with Gasteiger partial charge in [-0.1, -0.05) is 42.5 Å². The summed E-state index contributed by atoms with van der Waals surface area (Å²) in [5, 5.41) is 17.8. The smallest absolute Gasteiger partial charge is 0.235 e. The SMILES string of the molecule is COc1ccc(CN(Cc2ccc(OC)cc2)S(=O)(=O)C2C(S(N)(=O)=O)=CC=C(I)C2(c2nnn(Cc3ccc(OC)cc3)n2)C2CN(C)C2)cc1. The Morgan fingerprint density at radius 1 is 0.808 bits per heavy atom. The second kappa shape index (κ2) is 15.2. The first-order valence-corrected chi connectivity index (χ1v) is 20.4. The number of halogens is 1. The molecule has 0 amide bonds. The predicted molar refractivity (Wildman–Crippen MR) is 204 cm³/mol. The van der Waals surface area contributed by atoms with E-state index in [9.17, 15) is 8.42 Å². The van der Waals surface area contributed by atoms with Gasteiger partial charge in [-0.25, -0.2) is 22.0 Å². The molecule has 2 atom stereocenters. The van der Waals surface area contributed by atoms with E-state index in [1.807, 2.05) is 36.2 Å². The van der Waals surface area contributed by atoms with Crippen LogP contribution < -0.4 is 19.3 Å². The van der Waals surface area contributed by atoms with Crippen LogP contribution in [-0.2, 0) is 45.1 Å². The molecule has 1 saturated heterocycles. The molecule has 4 aromatic rings. The first kappa shape index (κ1) is 37.9. The lowest BCUT2D eigenvalue weighted by Gasteiger charge is -2.52. The Morgan fingerprint density at radius 3 is 1.73 bits per heavy atom. The van der Waals surface area contributed by atoms with E-state index in [0.717, 1.165) is 5.56 Å². The normalized spacial score (nSPS) is 19.9. The van der Waals surface area contributed by atoms with E-state index in [-0.39, 0.29) is 25.5 Å². The number of rotatable bonds is 14. The first-order valence-electron chi connectivity index (χ1n) is 16.2. The molecule has 52 heavy (non-hydrogen) atoms. The number of tetrazole rings is 1. The van der Waals surface area contributed by atoms with Gasteiger partial charge in [0.05, 0.1) is 38.2 Å². The average molecular weight is 862 g/mol. The van der Waals surface area contributed by atoms with Crippen LogP contribution in [0.4, 0.5) is 0 Å². The third-order valence-corrected chi connectivity index (χ3v) is 14.1. The fourth-order valence-corrected chi connectivity index (χ4v) is 11.9. The van der Waals surface area contributed by atoms with Crippen molar-refractivity contribution in [3.05, 3.63) is 116 Å². The molecule has 1 aliphatic heterocycles. The number of hydrogen-bond donors (Lipinski definition) is 1. The molecule has 276 valence electrons. The Balaban J connectivity index is 1.51. The van der Waals surface area contributed by atoms with Gasteiger partial charge in [-0.3, -0.25) is 0 Å². The Kier molecular flexibility index (Phi) is 11.1. The van der Waals surface area contributed by atoms with E-state index in [0.29, 0.717) is 45.0 Å². The average Bonchev–Trinajstić information content (AvgIpc) is 3.59. The van der Waals surface area contributed by atoms with Crippen molar-refractivity contribution < 1.29 is 31.0 Å². The lowest BCUT2D eigenvalue weighted by Crippen LogP contribution is -2.64. The molecule has 0 bridgehead atoms. The maximum Gasteiger partial charge on any atom is 0.235 e. The van der Waals surface area contributed by atoms with Crippen molar-refractivity contribution >= 4 is 42.6 Å². The van der Waals surface area contributed by atoms with Crippen LogP contribution in [0.25, 0.3) is 0 Å². The van der Waals surface area contributed by atoms with Crippen LogP contribution in [0, 0.1) is 5.92 Å². The summed E-state index contributed by atoms with van der Waals surface area (Å²) in [5.74, 6) is 1.59. The fourth-order valence-electron chi connectivity index (χ4n) is 6.78. The molecule has 2 aliphatic rings. The van der Waals surface area contributed by atoms with Gasteiger partial charge in [0.2, 0.25) is 20.0 Å². The van der Waals surface area contributed by atoms with Crippen molar-refractivity contribution in [2.75, 3.05) is 41.5 Å². The number of hydrogen-bond acceptors (Lipinski definition) is 11. The topological polar surface area (TPSA) is 172 Å². The number of likely N-dealkylation sites (tertiary alicyclic amines) is 1. The molecule has 0 saturated carbocycles. The number of benzene rings is 3. The molecule has 0 spiro atoms. The third kappa shape index (κ3) is 7.47. The maximum atomic E-state index is 15.6. The second-order valence-electron chi connectivity index (χ2n) is 12.8. The Bertz CT molecular complexity index is 2120. The number of aromatic nitrogens is 4. The molecule has 2 heterocycles. The number of nitrogens with two attached hydrogens (primary N) is 1. The van der Waals surface area contributed by atoms with Crippen molar-refractivity contribution in [2.24, 2.45) is 11.1 Å². The summed E-state index contributed by atoms with van der Waals surface area (Å²) in [4.78, 5) is 2.97. The minimum atomic E-state index is -4.62. The van der Waals surface area contributed by atoms with Crippen molar-refractivity contribution in [1.29, 1.82) is 0 Å². The Morgan fingerprint density at radius 2 is 1.29 bits per heavy atom. The molecule has 17 heteroatoms. The highest BCUT2D eigenvalue weighted by Crippen LogP contribution is 2.54. The fraction of sp³-hybridized carbons (Fsp3) is 0.343. The second-order valence-corrected chi connectivity index (χ2v) is 17.5. The van der Waals surface area contributed by atoms with Gasteiger partial charge in [0.15, 0.2) is 5.82 Å². The molecular weight excluding hydrogens is 821 g/mol. The molecule has 6 rings (SSSR count). The number of nitrogens with zero attached hydrogens (tertiary/aromatic N) is 6. The van der Waals surface area contributed by atoms with Crippen molar-refractivity contribution in [3.63, 3.8) is 0 Å². The van der Waals surface area contributed by atoms with E-state index in [2.05, 4.69) is 32.9 Å². The molecule has 14 nitrogen and oxygen atoms in total. The monoisotopic (exact) mass is 861 g/mol. The molecule has 1 aromatic heterocycles. The Labute approximate surface area is 317 Å². The summed E-state index contributed by atoms with van der Waals surface area (Å²) in [5.41, 5.74) is 0.629. The lowest BCUT2D eigenvalue weighted by molar-refractivity contribution is 0.0766. The number of ether oxygens (including phenoxy) is 3. The van der Waals surface area contributed by atoms with E-state index in [1.54, 1.807) is 75.9 Å². The third-order valence-electron chi connectivity index (χ3n) is 9.50. The van der Waals surface area contributed by atoms with Crippen LogP contribution in [0.15, 0.2) is 93.4 Å². The van der Waals surface area contributed by atoms with Crippen LogP contribution >= 0.6 is 22.6 Å².